The molecule has 1 aliphatic heterocycles. The first kappa shape index (κ1) is 22.9. The van der Waals surface area contributed by atoms with Crippen molar-refractivity contribution in [1.82, 2.24) is 20.4 Å². The second-order valence-corrected chi connectivity index (χ2v) is 7.09. The molecule has 1 aromatic heterocycles. The van der Waals surface area contributed by atoms with Gasteiger partial charge < -0.3 is 20.1 Å². The van der Waals surface area contributed by atoms with Crippen molar-refractivity contribution in [2.45, 2.75) is 19.4 Å². The first-order valence-corrected chi connectivity index (χ1v) is 10.1. The summed E-state index contributed by atoms with van der Waals surface area (Å²) < 4.78 is 12.6. The summed E-state index contributed by atoms with van der Waals surface area (Å²) in [7, 11) is 3.44. The van der Waals surface area contributed by atoms with Crippen molar-refractivity contribution in [2.24, 2.45) is 4.99 Å². The minimum atomic E-state index is 0. The Kier molecular flexibility index (Phi) is 8.16. The number of ether oxygens (including phenoxy) is 2. The van der Waals surface area contributed by atoms with Gasteiger partial charge in [-0.05, 0) is 53.9 Å². The number of hydrogen-bond acceptors (Lipinski definition) is 4. The van der Waals surface area contributed by atoms with Gasteiger partial charge in [-0.1, -0.05) is 12.1 Å². The molecule has 7 nitrogen and oxygen atoms in total. The Balaban J connectivity index is 0.00000272. The lowest BCUT2D eigenvalue weighted by Crippen LogP contribution is -2.38. The van der Waals surface area contributed by atoms with E-state index in [-0.39, 0.29) is 24.0 Å². The summed E-state index contributed by atoms with van der Waals surface area (Å²) in [6.07, 6.45) is 3.88. The van der Waals surface area contributed by atoms with Gasteiger partial charge in [-0.15, -0.1) is 24.0 Å². The fourth-order valence-corrected chi connectivity index (χ4v) is 3.45. The minimum Gasteiger partial charge on any atom is -0.497 e. The van der Waals surface area contributed by atoms with Gasteiger partial charge in [0.05, 0.1) is 31.6 Å². The average molecular weight is 533 g/mol. The zero-order chi connectivity index (χ0) is 20.8. The molecule has 0 fully saturated rings. The lowest BCUT2D eigenvalue weighted by molar-refractivity contribution is 0.357. The molecule has 3 aromatic rings. The van der Waals surface area contributed by atoms with E-state index >= 15 is 0 Å². The van der Waals surface area contributed by atoms with Gasteiger partial charge in [0.25, 0.3) is 0 Å². The van der Waals surface area contributed by atoms with E-state index < -0.39 is 0 Å². The third kappa shape index (κ3) is 5.90. The molecule has 0 unspecified atom stereocenters. The molecule has 2 N–H and O–H groups in total. The number of guanidine groups is 1. The molecule has 0 spiro atoms. The highest BCUT2D eigenvalue weighted by Gasteiger charge is 2.11. The summed E-state index contributed by atoms with van der Waals surface area (Å²) >= 11 is 0. The standard InChI is InChI=1S/C23H27N5O2.HI/c1-24-23(25-12-9-17-3-8-22-18(15-17)11-14-30-22)26-16-19-10-13-28(27-19)20-4-6-21(29-2)7-5-20;/h3-8,10,13,15H,9,11-12,14,16H2,1-2H3,(H2,24,25,26);1H. The number of methoxy groups -OCH3 is 1. The summed E-state index contributed by atoms with van der Waals surface area (Å²) in [5.41, 5.74) is 4.54. The van der Waals surface area contributed by atoms with Crippen LogP contribution in [0.15, 0.2) is 59.7 Å². The van der Waals surface area contributed by atoms with Crippen molar-refractivity contribution in [1.29, 1.82) is 0 Å². The van der Waals surface area contributed by atoms with Crippen LogP contribution in [0.5, 0.6) is 11.5 Å². The van der Waals surface area contributed by atoms with Crippen LogP contribution in [0.4, 0.5) is 0 Å². The normalized spacial score (nSPS) is 12.5. The molecule has 2 aromatic carbocycles. The second-order valence-electron chi connectivity index (χ2n) is 7.09. The first-order valence-electron chi connectivity index (χ1n) is 10.1. The van der Waals surface area contributed by atoms with E-state index in [0.29, 0.717) is 6.54 Å². The zero-order valence-electron chi connectivity index (χ0n) is 17.8. The van der Waals surface area contributed by atoms with E-state index in [1.807, 2.05) is 41.2 Å². The van der Waals surface area contributed by atoms with Crippen LogP contribution in [-0.4, -0.2) is 43.0 Å². The molecule has 0 amide bonds. The van der Waals surface area contributed by atoms with Gasteiger partial charge in [0.1, 0.15) is 11.5 Å². The number of nitrogens with zero attached hydrogens (tertiary/aromatic N) is 3. The number of benzene rings is 2. The summed E-state index contributed by atoms with van der Waals surface area (Å²) in [4.78, 5) is 4.30. The van der Waals surface area contributed by atoms with Crippen molar-refractivity contribution >= 4 is 29.9 Å². The van der Waals surface area contributed by atoms with E-state index in [1.165, 1.54) is 11.1 Å². The molecule has 4 rings (SSSR count). The maximum absolute atomic E-state index is 5.57. The molecule has 164 valence electrons. The van der Waals surface area contributed by atoms with E-state index in [0.717, 1.165) is 54.8 Å². The molecule has 0 saturated heterocycles. The van der Waals surface area contributed by atoms with Gasteiger partial charge in [-0.25, -0.2) is 4.68 Å². The number of aliphatic imine (C=N–C) groups is 1. The van der Waals surface area contributed by atoms with E-state index in [2.05, 4.69) is 38.9 Å². The van der Waals surface area contributed by atoms with E-state index in [9.17, 15) is 0 Å². The minimum absolute atomic E-state index is 0. The smallest absolute Gasteiger partial charge is 0.191 e. The van der Waals surface area contributed by atoms with Gasteiger partial charge in [-0.3, -0.25) is 4.99 Å². The lowest BCUT2D eigenvalue weighted by atomic mass is 10.1. The molecule has 8 heteroatoms. The maximum atomic E-state index is 5.57. The molecule has 0 aliphatic carbocycles. The van der Waals surface area contributed by atoms with Crippen LogP contribution < -0.4 is 20.1 Å². The largest absolute Gasteiger partial charge is 0.497 e. The highest BCUT2D eigenvalue weighted by molar-refractivity contribution is 14.0. The number of rotatable bonds is 7. The summed E-state index contributed by atoms with van der Waals surface area (Å²) in [6.45, 7) is 2.19. The van der Waals surface area contributed by atoms with Crippen molar-refractivity contribution < 1.29 is 9.47 Å². The molecule has 1 aliphatic rings. The highest BCUT2D eigenvalue weighted by atomic mass is 127. The number of fused-ring (bicyclic) bond motifs is 1. The Morgan fingerprint density at radius 1 is 1.16 bits per heavy atom. The van der Waals surface area contributed by atoms with Crippen LogP contribution in [-0.2, 0) is 19.4 Å². The van der Waals surface area contributed by atoms with Crippen molar-refractivity contribution in [3.05, 3.63) is 71.5 Å². The molecule has 2 heterocycles. The van der Waals surface area contributed by atoms with Gasteiger partial charge in [0.15, 0.2) is 5.96 Å². The fraction of sp³-hybridized carbons (Fsp3) is 0.304. The Morgan fingerprint density at radius 3 is 2.77 bits per heavy atom. The van der Waals surface area contributed by atoms with Crippen LogP contribution in [0, 0.1) is 0 Å². The second kappa shape index (κ2) is 11.0. The van der Waals surface area contributed by atoms with Crippen LogP contribution >= 0.6 is 24.0 Å². The Hall–Kier alpha value is -2.75. The van der Waals surface area contributed by atoms with Gasteiger partial charge >= 0.3 is 0 Å². The predicted molar refractivity (Wildman–Crippen MR) is 133 cm³/mol. The van der Waals surface area contributed by atoms with Crippen LogP contribution in [0.25, 0.3) is 5.69 Å². The molecule has 0 atom stereocenters. The number of hydrogen-bond donors (Lipinski definition) is 2. The maximum Gasteiger partial charge on any atom is 0.191 e. The fourth-order valence-electron chi connectivity index (χ4n) is 3.45. The van der Waals surface area contributed by atoms with Gasteiger partial charge in [0.2, 0.25) is 0 Å². The average Bonchev–Trinajstić information content (AvgIpc) is 3.45. The summed E-state index contributed by atoms with van der Waals surface area (Å²) in [5, 5.41) is 11.3. The van der Waals surface area contributed by atoms with Crippen LogP contribution in [0.2, 0.25) is 0 Å². The Morgan fingerprint density at radius 2 is 2.00 bits per heavy atom. The number of nitrogens with one attached hydrogen (secondary N) is 2. The van der Waals surface area contributed by atoms with Crippen molar-refractivity contribution in [2.75, 3.05) is 27.3 Å². The topological polar surface area (TPSA) is 72.7 Å². The Labute approximate surface area is 199 Å². The molecule has 0 bridgehead atoms. The SMILES string of the molecule is CN=C(NCCc1ccc2c(c1)CCO2)NCc1ccn(-c2ccc(OC)cc2)n1.I. The summed E-state index contributed by atoms with van der Waals surface area (Å²) in [6, 6.07) is 16.3. The zero-order valence-corrected chi connectivity index (χ0v) is 20.1. The third-order valence-electron chi connectivity index (χ3n) is 5.10. The lowest BCUT2D eigenvalue weighted by Gasteiger charge is -2.11. The van der Waals surface area contributed by atoms with Gasteiger partial charge in [-0.2, -0.15) is 5.10 Å². The highest BCUT2D eigenvalue weighted by Crippen LogP contribution is 2.25. The van der Waals surface area contributed by atoms with E-state index in [4.69, 9.17) is 9.47 Å². The Bertz CT molecular complexity index is 1020. The molecule has 0 saturated carbocycles. The van der Waals surface area contributed by atoms with E-state index in [1.54, 1.807) is 14.2 Å². The number of aromatic nitrogens is 2. The van der Waals surface area contributed by atoms with Crippen molar-refractivity contribution in [3.63, 3.8) is 0 Å². The van der Waals surface area contributed by atoms with Crippen LogP contribution in [0.3, 0.4) is 0 Å². The molecule has 0 radical (unpaired) electrons. The van der Waals surface area contributed by atoms with Gasteiger partial charge in [0, 0.05) is 26.2 Å². The number of halogens is 1. The third-order valence-corrected chi connectivity index (χ3v) is 5.10. The monoisotopic (exact) mass is 533 g/mol. The molecule has 31 heavy (non-hydrogen) atoms. The predicted octanol–water partition coefficient (Wildman–Crippen LogP) is 3.34. The molecular formula is C23H28IN5O2. The van der Waals surface area contributed by atoms with Crippen molar-refractivity contribution in [3.8, 4) is 17.2 Å². The van der Waals surface area contributed by atoms with Crippen LogP contribution in [0.1, 0.15) is 16.8 Å². The summed E-state index contributed by atoms with van der Waals surface area (Å²) in [5.74, 6) is 2.62. The first-order chi connectivity index (χ1) is 14.7. The quantitative estimate of drug-likeness (QED) is 0.277. The molecular weight excluding hydrogens is 505 g/mol.